The summed E-state index contributed by atoms with van der Waals surface area (Å²) in [4.78, 5) is 27.0. The van der Waals surface area contributed by atoms with E-state index in [9.17, 15) is 9.59 Å². The molecule has 104 valence electrons. The maximum absolute atomic E-state index is 12.1. The van der Waals surface area contributed by atoms with Crippen LogP contribution in [0.4, 0.5) is 0 Å². The van der Waals surface area contributed by atoms with Gasteiger partial charge in [-0.05, 0) is 24.5 Å². The highest BCUT2D eigenvalue weighted by molar-refractivity contribution is 5.94. The number of carboxylic acids is 1. The second kappa shape index (κ2) is 5.82. The summed E-state index contributed by atoms with van der Waals surface area (Å²) in [5.74, 6) is -1.20. The lowest BCUT2D eigenvalue weighted by atomic mass is 9.84. The predicted octanol–water partition coefficient (Wildman–Crippen LogP) is 2.01. The first-order valence-corrected chi connectivity index (χ1v) is 6.15. The lowest BCUT2D eigenvalue weighted by molar-refractivity contribution is -0.138. The predicted molar refractivity (Wildman–Crippen MR) is 71.9 cm³/mol. The summed E-state index contributed by atoms with van der Waals surface area (Å²) in [7, 11) is 0. The van der Waals surface area contributed by atoms with Crippen LogP contribution in [0.25, 0.3) is 0 Å². The van der Waals surface area contributed by atoms with E-state index in [0.29, 0.717) is 5.56 Å². The second-order valence-corrected chi connectivity index (χ2v) is 5.68. The molecule has 0 aliphatic carbocycles. The maximum atomic E-state index is 12.1. The average molecular weight is 264 g/mol. The van der Waals surface area contributed by atoms with Gasteiger partial charge in [0.2, 0.25) is 0 Å². The summed E-state index contributed by atoms with van der Waals surface area (Å²) in [6.07, 6.45) is 1.47. The van der Waals surface area contributed by atoms with Crippen molar-refractivity contribution < 1.29 is 14.7 Å². The number of amides is 1. The molecule has 5 nitrogen and oxygen atoms in total. The topological polar surface area (TPSA) is 79.3 Å². The molecule has 0 aliphatic rings. The van der Waals surface area contributed by atoms with Crippen LogP contribution in [0.2, 0.25) is 0 Å². The number of pyridine rings is 1. The quantitative estimate of drug-likeness (QED) is 0.871. The Kier molecular flexibility index (Phi) is 4.64. The minimum absolute atomic E-state index is 0.0979. The van der Waals surface area contributed by atoms with E-state index >= 15 is 0 Å². The molecule has 0 bridgehead atoms. The van der Waals surface area contributed by atoms with Gasteiger partial charge in [0.05, 0.1) is 6.42 Å². The summed E-state index contributed by atoms with van der Waals surface area (Å²) in [5.41, 5.74) is 0.918. The van der Waals surface area contributed by atoms with Crippen LogP contribution in [0.3, 0.4) is 0 Å². The third-order valence-electron chi connectivity index (χ3n) is 2.89. The van der Waals surface area contributed by atoms with Crippen molar-refractivity contribution in [2.45, 2.75) is 40.2 Å². The van der Waals surface area contributed by atoms with E-state index in [1.165, 1.54) is 0 Å². The van der Waals surface area contributed by atoms with Crippen molar-refractivity contribution in [3.8, 4) is 0 Å². The van der Waals surface area contributed by atoms with E-state index in [-0.39, 0.29) is 17.7 Å². The SMILES string of the molecule is Cc1cc(C(=O)NC(CC(=O)O)C(C)(C)C)ccn1. The molecule has 1 unspecified atom stereocenters. The molecule has 1 rings (SSSR count). The number of nitrogens with one attached hydrogen (secondary N) is 1. The van der Waals surface area contributed by atoms with Crippen LogP contribution in [0.5, 0.6) is 0 Å². The molecule has 1 atom stereocenters. The number of carbonyl (C=O) groups is 2. The zero-order chi connectivity index (χ0) is 14.6. The molecular formula is C14H20N2O3. The number of aliphatic carboxylic acids is 1. The van der Waals surface area contributed by atoms with Gasteiger partial charge < -0.3 is 10.4 Å². The number of aromatic nitrogens is 1. The van der Waals surface area contributed by atoms with Crippen LogP contribution in [0, 0.1) is 12.3 Å². The van der Waals surface area contributed by atoms with Gasteiger partial charge in [-0.25, -0.2) is 0 Å². The molecular weight excluding hydrogens is 244 g/mol. The van der Waals surface area contributed by atoms with Crippen molar-refractivity contribution in [2.24, 2.45) is 5.41 Å². The van der Waals surface area contributed by atoms with Crippen LogP contribution in [0.15, 0.2) is 18.3 Å². The number of carboxylic acid groups (broad SMARTS) is 1. The molecule has 1 amide bonds. The van der Waals surface area contributed by atoms with Gasteiger partial charge in [-0.1, -0.05) is 20.8 Å². The largest absolute Gasteiger partial charge is 0.481 e. The Labute approximate surface area is 113 Å². The highest BCUT2D eigenvalue weighted by Crippen LogP contribution is 2.22. The lowest BCUT2D eigenvalue weighted by Gasteiger charge is -2.30. The molecule has 1 aromatic heterocycles. The Morgan fingerprint density at radius 1 is 1.42 bits per heavy atom. The van der Waals surface area contributed by atoms with Crippen LogP contribution in [0.1, 0.15) is 43.2 Å². The Morgan fingerprint density at radius 3 is 2.53 bits per heavy atom. The standard InChI is InChI=1S/C14H20N2O3/c1-9-7-10(5-6-15-9)13(19)16-11(8-12(17)18)14(2,3)4/h5-7,11H,8H2,1-4H3,(H,16,19)(H,17,18). The third kappa shape index (κ3) is 4.69. The Hall–Kier alpha value is -1.91. The smallest absolute Gasteiger partial charge is 0.305 e. The van der Waals surface area contributed by atoms with Gasteiger partial charge in [0.15, 0.2) is 0 Å². The molecule has 2 N–H and O–H groups in total. The highest BCUT2D eigenvalue weighted by atomic mass is 16.4. The van der Waals surface area contributed by atoms with E-state index in [1.54, 1.807) is 25.3 Å². The van der Waals surface area contributed by atoms with Crippen molar-refractivity contribution in [2.75, 3.05) is 0 Å². The van der Waals surface area contributed by atoms with Crippen LogP contribution in [-0.2, 0) is 4.79 Å². The zero-order valence-electron chi connectivity index (χ0n) is 11.7. The maximum Gasteiger partial charge on any atom is 0.305 e. The van der Waals surface area contributed by atoms with Gasteiger partial charge in [-0.15, -0.1) is 0 Å². The number of nitrogens with zero attached hydrogens (tertiary/aromatic N) is 1. The van der Waals surface area contributed by atoms with E-state index in [0.717, 1.165) is 5.69 Å². The number of aryl methyl sites for hydroxylation is 1. The molecule has 0 aliphatic heterocycles. The van der Waals surface area contributed by atoms with Crippen LogP contribution >= 0.6 is 0 Å². The first kappa shape index (κ1) is 15.1. The van der Waals surface area contributed by atoms with Crippen molar-refractivity contribution in [3.63, 3.8) is 0 Å². The second-order valence-electron chi connectivity index (χ2n) is 5.68. The third-order valence-corrected chi connectivity index (χ3v) is 2.89. The number of rotatable bonds is 4. The van der Waals surface area contributed by atoms with Gasteiger partial charge >= 0.3 is 5.97 Å². The number of hydrogen-bond acceptors (Lipinski definition) is 3. The Balaban J connectivity index is 2.85. The van der Waals surface area contributed by atoms with Crippen molar-refractivity contribution in [3.05, 3.63) is 29.6 Å². The number of hydrogen-bond donors (Lipinski definition) is 2. The van der Waals surface area contributed by atoms with Gasteiger partial charge in [0.25, 0.3) is 5.91 Å². The van der Waals surface area contributed by atoms with Crippen LogP contribution in [-0.4, -0.2) is 28.0 Å². The zero-order valence-corrected chi connectivity index (χ0v) is 11.7. The van der Waals surface area contributed by atoms with Gasteiger partial charge in [-0.3, -0.25) is 14.6 Å². The Bertz CT molecular complexity index is 478. The Morgan fingerprint density at radius 2 is 2.05 bits per heavy atom. The van der Waals surface area contributed by atoms with E-state index in [4.69, 9.17) is 5.11 Å². The molecule has 0 spiro atoms. The lowest BCUT2D eigenvalue weighted by Crippen LogP contribution is -2.45. The minimum atomic E-state index is -0.925. The fraction of sp³-hybridized carbons (Fsp3) is 0.500. The molecule has 0 fully saturated rings. The van der Waals surface area contributed by atoms with Crippen molar-refractivity contribution >= 4 is 11.9 Å². The van der Waals surface area contributed by atoms with E-state index < -0.39 is 12.0 Å². The van der Waals surface area contributed by atoms with E-state index in [2.05, 4.69) is 10.3 Å². The monoisotopic (exact) mass is 264 g/mol. The van der Waals surface area contributed by atoms with Crippen LogP contribution < -0.4 is 5.32 Å². The molecule has 1 aromatic rings. The van der Waals surface area contributed by atoms with Crippen molar-refractivity contribution in [1.82, 2.24) is 10.3 Å². The highest BCUT2D eigenvalue weighted by Gasteiger charge is 2.28. The van der Waals surface area contributed by atoms with Gasteiger partial charge in [-0.2, -0.15) is 0 Å². The summed E-state index contributed by atoms with van der Waals surface area (Å²) in [6, 6.07) is 2.87. The summed E-state index contributed by atoms with van der Waals surface area (Å²) < 4.78 is 0. The summed E-state index contributed by atoms with van der Waals surface area (Å²) in [5, 5.41) is 11.7. The van der Waals surface area contributed by atoms with Gasteiger partial charge in [0, 0.05) is 23.5 Å². The number of carbonyl (C=O) groups excluding carboxylic acids is 1. The molecule has 0 saturated heterocycles. The van der Waals surface area contributed by atoms with Crippen molar-refractivity contribution in [1.29, 1.82) is 0 Å². The molecule has 19 heavy (non-hydrogen) atoms. The first-order valence-electron chi connectivity index (χ1n) is 6.15. The minimum Gasteiger partial charge on any atom is -0.481 e. The molecule has 5 heteroatoms. The summed E-state index contributed by atoms with van der Waals surface area (Å²) >= 11 is 0. The molecule has 0 radical (unpaired) electrons. The van der Waals surface area contributed by atoms with Gasteiger partial charge in [0.1, 0.15) is 0 Å². The first-order chi connectivity index (χ1) is 8.70. The normalized spacial score (nSPS) is 12.8. The molecule has 0 aromatic carbocycles. The fourth-order valence-electron chi connectivity index (χ4n) is 1.68. The summed E-state index contributed by atoms with van der Waals surface area (Å²) in [6.45, 7) is 7.51. The fourth-order valence-corrected chi connectivity index (χ4v) is 1.68. The molecule has 0 saturated carbocycles. The van der Waals surface area contributed by atoms with E-state index in [1.807, 2.05) is 20.8 Å². The molecule has 1 heterocycles. The average Bonchev–Trinajstić information content (AvgIpc) is 2.26.